The van der Waals surface area contributed by atoms with E-state index in [9.17, 15) is 18.0 Å². The van der Waals surface area contributed by atoms with Crippen LogP contribution in [0.25, 0.3) is 0 Å². The summed E-state index contributed by atoms with van der Waals surface area (Å²) >= 11 is 0. The molecule has 5 nitrogen and oxygen atoms in total. The zero-order valence-corrected chi connectivity index (χ0v) is 10.9. The number of alkyl halides is 3. The summed E-state index contributed by atoms with van der Waals surface area (Å²) < 4.78 is 50.2. The first kappa shape index (κ1) is 15.5. The second kappa shape index (κ2) is 5.16. The molecule has 2 fully saturated rings. The van der Waals surface area contributed by atoms with Gasteiger partial charge in [-0.1, -0.05) is 0 Å². The number of hydrogen-bond donors (Lipinski definition) is 2. The van der Waals surface area contributed by atoms with E-state index in [0.717, 1.165) is 0 Å². The van der Waals surface area contributed by atoms with Crippen molar-refractivity contribution in [2.24, 2.45) is 11.7 Å². The summed E-state index contributed by atoms with van der Waals surface area (Å²) in [6, 6.07) is 0. The third-order valence-electron chi connectivity index (χ3n) is 4.36. The van der Waals surface area contributed by atoms with Gasteiger partial charge in [-0.25, -0.2) is 4.79 Å². The van der Waals surface area contributed by atoms with Gasteiger partial charge >= 0.3 is 12.1 Å². The Morgan fingerprint density at radius 3 is 2.35 bits per heavy atom. The fourth-order valence-electron chi connectivity index (χ4n) is 3.04. The molecule has 0 aromatic rings. The van der Waals surface area contributed by atoms with Crippen LogP contribution in [0.1, 0.15) is 25.7 Å². The van der Waals surface area contributed by atoms with Crippen molar-refractivity contribution in [2.75, 3.05) is 19.8 Å². The van der Waals surface area contributed by atoms with E-state index < -0.39 is 29.2 Å². The van der Waals surface area contributed by atoms with Crippen LogP contribution in [0, 0.1) is 5.92 Å². The maximum Gasteiger partial charge on any atom is 0.417 e. The van der Waals surface area contributed by atoms with Crippen LogP contribution in [-0.4, -0.2) is 48.2 Å². The van der Waals surface area contributed by atoms with Crippen LogP contribution in [0.4, 0.5) is 13.2 Å². The summed E-state index contributed by atoms with van der Waals surface area (Å²) in [7, 11) is 0. The maximum atomic E-state index is 13.1. The lowest BCUT2D eigenvalue weighted by Gasteiger charge is -2.47. The van der Waals surface area contributed by atoms with Crippen LogP contribution in [0.5, 0.6) is 0 Å². The van der Waals surface area contributed by atoms with E-state index in [-0.39, 0.29) is 19.4 Å². The fraction of sp³-hybridized carbons (Fsp3) is 0.917. The van der Waals surface area contributed by atoms with E-state index in [1.165, 1.54) is 0 Å². The Hall–Kier alpha value is -0.860. The van der Waals surface area contributed by atoms with Crippen LogP contribution in [0.2, 0.25) is 0 Å². The Balaban J connectivity index is 2.24. The van der Waals surface area contributed by atoms with Gasteiger partial charge in [-0.15, -0.1) is 0 Å². The lowest BCUT2D eigenvalue weighted by molar-refractivity contribution is -0.230. The average Bonchev–Trinajstić information content (AvgIpc) is 2.37. The quantitative estimate of drug-likeness (QED) is 0.803. The number of hydrogen-bond acceptors (Lipinski definition) is 4. The Morgan fingerprint density at radius 2 is 1.85 bits per heavy atom. The lowest BCUT2D eigenvalue weighted by Crippen LogP contribution is -2.66. The largest absolute Gasteiger partial charge is 0.480 e. The van der Waals surface area contributed by atoms with Gasteiger partial charge in [-0.3, -0.25) is 0 Å². The molecule has 20 heavy (non-hydrogen) atoms. The molecule has 2 aliphatic heterocycles. The van der Waals surface area contributed by atoms with E-state index >= 15 is 0 Å². The number of nitrogens with two attached hydrogens (primary N) is 1. The molecule has 3 N–H and O–H groups in total. The molecule has 2 saturated heterocycles. The number of halogens is 3. The van der Waals surface area contributed by atoms with E-state index in [4.69, 9.17) is 20.3 Å². The Kier molecular flexibility index (Phi) is 4.01. The predicted molar refractivity (Wildman–Crippen MR) is 62.1 cm³/mol. The van der Waals surface area contributed by atoms with E-state index in [0.29, 0.717) is 26.1 Å². The number of carboxylic acid groups (broad SMARTS) is 1. The minimum atomic E-state index is -4.99. The molecule has 2 rings (SSSR count). The predicted octanol–water partition coefficient (Wildman–Crippen LogP) is 1.31. The fourth-order valence-corrected chi connectivity index (χ4v) is 3.04. The molecule has 0 radical (unpaired) electrons. The van der Waals surface area contributed by atoms with E-state index in [1.807, 2.05) is 0 Å². The third kappa shape index (κ3) is 2.51. The molecule has 116 valence electrons. The van der Waals surface area contributed by atoms with Gasteiger partial charge in [0, 0.05) is 25.7 Å². The molecule has 0 aromatic carbocycles. The highest BCUT2D eigenvalue weighted by Crippen LogP contribution is 2.45. The van der Waals surface area contributed by atoms with Gasteiger partial charge in [-0.2, -0.15) is 13.2 Å². The van der Waals surface area contributed by atoms with Crippen molar-refractivity contribution in [3.8, 4) is 0 Å². The lowest BCUT2D eigenvalue weighted by atomic mass is 9.71. The van der Waals surface area contributed by atoms with Gasteiger partial charge in [0.2, 0.25) is 5.54 Å². The topological polar surface area (TPSA) is 81.8 Å². The van der Waals surface area contributed by atoms with E-state index in [1.54, 1.807) is 0 Å². The zero-order chi connectivity index (χ0) is 15.0. The first-order chi connectivity index (χ1) is 9.21. The molecule has 0 amide bonds. The highest BCUT2D eigenvalue weighted by molar-refractivity contribution is 5.80. The van der Waals surface area contributed by atoms with Crippen molar-refractivity contribution in [3.05, 3.63) is 0 Å². The first-order valence-corrected chi connectivity index (χ1v) is 6.52. The van der Waals surface area contributed by atoms with Crippen molar-refractivity contribution < 1.29 is 32.5 Å². The smallest absolute Gasteiger partial charge is 0.417 e. The second-order valence-electron chi connectivity index (χ2n) is 5.51. The second-order valence-corrected chi connectivity index (χ2v) is 5.51. The summed E-state index contributed by atoms with van der Waals surface area (Å²) in [4.78, 5) is 11.1. The molecule has 2 unspecified atom stereocenters. The van der Waals surface area contributed by atoms with Gasteiger partial charge < -0.3 is 20.3 Å². The highest BCUT2D eigenvalue weighted by Gasteiger charge is 2.64. The SMILES string of the molecule is NC(C(=O)O)(C1CCOC2(CCOCC2)C1)C(F)(F)F. The van der Waals surface area contributed by atoms with Crippen LogP contribution in [-0.2, 0) is 14.3 Å². The van der Waals surface area contributed by atoms with Crippen LogP contribution >= 0.6 is 0 Å². The van der Waals surface area contributed by atoms with Gasteiger partial charge in [-0.05, 0) is 25.7 Å². The van der Waals surface area contributed by atoms with Crippen molar-refractivity contribution >= 4 is 5.97 Å². The maximum absolute atomic E-state index is 13.1. The Morgan fingerprint density at radius 1 is 1.25 bits per heavy atom. The number of carboxylic acids is 1. The van der Waals surface area contributed by atoms with Crippen molar-refractivity contribution in [3.63, 3.8) is 0 Å². The molecule has 2 atom stereocenters. The standard InChI is InChI=1S/C12H18F3NO4/c13-12(14,15)11(16,9(17)18)8-1-4-20-10(7-8)2-5-19-6-3-10/h8H,1-7,16H2,(H,17,18). The summed E-state index contributed by atoms with van der Waals surface area (Å²) in [5, 5.41) is 9.00. The molecular formula is C12H18F3NO4. The molecule has 1 spiro atoms. The molecule has 0 bridgehead atoms. The minimum Gasteiger partial charge on any atom is -0.480 e. The number of ether oxygens (including phenoxy) is 2. The number of rotatable bonds is 2. The summed E-state index contributed by atoms with van der Waals surface area (Å²) in [5.41, 5.74) is 1.32. The van der Waals surface area contributed by atoms with Crippen LogP contribution in [0.15, 0.2) is 0 Å². The zero-order valence-electron chi connectivity index (χ0n) is 10.9. The van der Waals surface area contributed by atoms with Gasteiger partial charge in [0.15, 0.2) is 0 Å². The molecule has 0 aromatic heterocycles. The monoisotopic (exact) mass is 297 g/mol. The Labute approximate surface area is 114 Å². The molecule has 8 heteroatoms. The first-order valence-electron chi connectivity index (χ1n) is 6.52. The minimum absolute atomic E-state index is 0.00132. The molecule has 2 aliphatic rings. The van der Waals surface area contributed by atoms with Gasteiger partial charge in [0.05, 0.1) is 5.60 Å². The molecule has 0 aliphatic carbocycles. The van der Waals surface area contributed by atoms with E-state index in [2.05, 4.69) is 0 Å². The Bertz CT molecular complexity index is 376. The summed E-state index contributed by atoms with van der Waals surface area (Å²) in [6.45, 7) is 0.903. The van der Waals surface area contributed by atoms with Crippen LogP contribution < -0.4 is 5.73 Å². The van der Waals surface area contributed by atoms with Gasteiger partial charge in [0.25, 0.3) is 0 Å². The van der Waals surface area contributed by atoms with Crippen molar-refractivity contribution in [2.45, 2.75) is 43.0 Å². The number of carbonyl (C=O) groups is 1. The highest BCUT2D eigenvalue weighted by atomic mass is 19.4. The van der Waals surface area contributed by atoms with Crippen LogP contribution in [0.3, 0.4) is 0 Å². The normalized spacial score (nSPS) is 29.9. The molecule has 2 heterocycles. The molecule has 0 saturated carbocycles. The summed E-state index contributed by atoms with van der Waals surface area (Å²) in [6.07, 6.45) is -4.06. The third-order valence-corrected chi connectivity index (χ3v) is 4.36. The van der Waals surface area contributed by atoms with Crippen molar-refractivity contribution in [1.29, 1.82) is 0 Å². The summed E-state index contributed by atoms with van der Waals surface area (Å²) in [5.74, 6) is -3.22. The molecular weight excluding hydrogens is 279 g/mol. The average molecular weight is 297 g/mol. The van der Waals surface area contributed by atoms with Gasteiger partial charge in [0.1, 0.15) is 0 Å². The van der Waals surface area contributed by atoms with Crippen molar-refractivity contribution in [1.82, 2.24) is 0 Å². The number of aliphatic carboxylic acids is 1.